The molecule has 0 radical (unpaired) electrons. The van der Waals surface area contributed by atoms with Crippen LogP contribution in [0.1, 0.15) is 11.3 Å². The smallest absolute Gasteiger partial charge is 0.293 e. The molecule has 0 bridgehead atoms. The van der Waals surface area contributed by atoms with E-state index < -0.39 is 16.1 Å². The second-order valence-electron chi connectivity index (χ2n) is 6.36. The van der Waals surface area contributed by atoms with Gasteiger partial charge in [0, 0.05) is 27.7 Å². The summed E-state index contributed by atoms with van der Waals surface area (Å²) >= 11 is 4.16. The molecular formula is C21H13BrN2O5S. The van der Waals surface area contributed by atoms with Crippen molar-refractivity contribution in [3.8, 4) is 11.3 Å². The van der Waals surface area contributed by atoms with Crippen molar-refractivity contribution in [2.75, 3.05) is 0 Å². The van der Waals surface area contributed by atoms with Crippen LogP contribution in [0.3, 0.4) is 0 Å². The molecule has 30 heavy (non-hydrogen) atoms. The maximum Gasteiger partial charge on any atom is 0.293 e. The molecular weight excluding hydrogens is 472 g/mol. The fourth-order valence-corrected chi connectivity index (χ4v) is 4.04. The van der Waals surface area contributed by atoms with E-state index in [1.807, 2.05) is 24.3 Å². The van der Waals surface area contributed by atoms with E-state index in [9.17, 15) is 19.7 Å². The Morgan fingerprint density at radius 1 is 1.07 bits per heavy atom. The van der Waals surface area contributed by atoms with Gasteiger partial charge in [-0.1, -0.05) is 46.3 Å². The molecule has 1 saturated heterocycles. The molecule has 7 nitrogen and oxygen atoms in total. The summed E-state index contributed by atoms with van der Waals surface area (Å²) in [6.45, 7) is -0.165. The Bertz CT molecular complexity index is 1190. The molecule has 4 rings (SSSR count). The molecule has 150 valence electrons. The average molecular weight is 485 g/mol. The summed E-state index contributed by atoms with van der Waals surface area (Å²) in [5.74, 6) is 0.557. The van der Waals surface area contributed by atoms with Crippen molar-refractivity contribution in [1.82, 2.24) is 4.90 Å². The number of para-hydroxylation sites is 1. The first kappa shape index (κ1) is 20.1. The van der Waals surface area contributed by atoms with Gasteiger partial charge < -0.3 is 4.42 Å². The minimum Gasteiger partial charge on any atom is -0.457 e. The lowest BCUT2D eigenvalue weighted by Crippen LogP contribution is -2.27. The summed E-state index contributed by atoms with van der Waals surface area (Å²) in [5.41, 5.74) is 1.04. The van der Waals surface area contributed by atoms with Gasteiger partial charge in [0.2, 0.25) is 0 Å². The number of imide groups is 1. The zero-order valence-electron chi connectivity index (χ0n) is 15.3. The Labute approximate surface area is 183 Å². The number of hydrogen-bond acceptors (Lipinski definition) is 6. The topological polar surface area (TPSA) is 93.7 Å². The average Bonchev–Trinajstić information content (AvgIpc) is 3.29. The summed E-state index contributed by atoms with van der Waals surface area (Å²) in [6.07, 6.45) is 1.51. The molecule has 1 aliphatic rings. The Hall–Kier alpha value is -3.17. The SMILES string of the molecule is O=C1S/C(=C\c2ccc(-c3ccc(Br)cc3)o2)C(=O)N1Cc1ccccc1[N+](=O)[O-]. The molecule has 2 heterocycles. The third-order valence-electron chi connectivity index (χ3n) is 4.42. The number of halogens is 1. The Kier molecular flexibility index (Phi) is 5.56. The zero-order valence-corrected chi connectivity index (χ0v) is 17.7. The zero-order chi connectivity index (χ0) is 21.3. The molecule has 9 heteroatoms. The Morgan fingerprint density at radius 2 is 1.80 bits per heavy atom. The number of hydrogen-bond donors (Lipinski definition) is 0. The van der Waals surface area contributed by atoms with Gasteiger partial charge in [-0.3, -0.25) is 24.6 Å². The van der Waals surface area contributed by atoms with E-state index in [0.29, 0.717) is 17.1 Å². The van der Waals surface area contributed by atoms with E-state index in [-0.39, 0.29) is 17.1 Å². The van der Waals surface area contributed by atoms with Crippen LogP contribution in [0.25, 0.3) is 17.4 Å². The molecule has 1 fully saturated rings. The number of nitro groups is 1. The van der Waals surface area contributed by atoms with Gasteiger partial charge in [-0.2, -0.15) is 0 Å². The summed E-state index contributed by atoms with van der Waals surface area (Å²) in [4.78, 5) is 36.9. The standard InChI is InChI=1S/C21H13BrN2O5S/c22-15-7-5-13(6-8-15)18-10-9-16(29-18)11-19-20(25)23(21(26)30-19)12-14-3-1-2-4-17(14)24(27)28/h1-11H,12H2/b19-11-. The van der Waals surface area contributed by atoms with Crippen LogP contribution in [0, 0.1) is 10.1 Å². The quantitative estimate of drug-likeness (QED) is 0.256. The van der Waals surface area contributed by atoms with E-state index in [1.54, 1.807) is 18.2 Å². The highest BCUT2D eigenvalue weighted by molar-refractivity contribution is 9.10. The molecule has 0 saturated carbocycles. The number of amides is 2. The Balaban J connectivity index is 1.55. The van der Waals surface area contributed by atoms with E-state index in [4.69, 9.17) is 4.42 Å². The first-order valence-corrected chi connectivity index (χ1v) is 10.4. The van der Waals surface area contributed by atoms with Crippen molar-refractivity contribution in [3.63, 3.8) is 0 Å². The van der Waals surface area contributed by atoms with Crippen LogP contribution in [-0.4, -0.2) is 21.0 Å². The highest BCUT2D eigenvalue weighted by atomic mass is 79.9. The van der Waals surface area contributed by atoms with Crippen LogP contribution in [0.15, 0.2) is 74.5 Å². The number of rotatable bonds is 5. The van der Waals surface area contributed by atoms with Crippen LogP contribution in [0.2, 0.25) is 0 Å². The van der Waals surface area contributed by atoms with Crippen molar-refractivity contribution in [2.24, 2.45) is 0 Å². The molecule has 1 aliphatic heterocycles. The van der Waals surface area contributed by atoms with Crippen molar-refractivity contribution in [3.05, 3.63) is 91.5 Å². The number of nitro benzene ring substituents is 1. The molecule has 3 aromatic rings. The van der Waals surface area contributed by atoms with Crippen LogP contribution < -0.4 is 0 Å². The molecule has 0 atom stereocenters. The number of carbonyl (C=O) groups excluding carboxylic acids is 2. The largest absolute Gasteiger partial charge is 0.457 e. The minimum absolute atomic E-state index is 0.134. The van der Waals surface area contributed by atoms with Gasteiger partial charge in [-0.25, -0.2) is 0 Å². The van der Waals surface area contributed by atoms with Crippen molar-refractivity contribution in [1.29, 1.82) is 0 Å². The summed E-state index contributed by atoms with van der Waals surface area (Å²) in [6, 6.07) is 17.1. The van der Waals surface area contributed by atoms with Gasteiger partial charge in [0.25, 0.3) is 16.8 Å². The minimum atomic E-state index is -0.531. The van der Waals surface area contributed by atoms with Crippen LogP contribution in [-0.2, 0) is 11.3 Å². The maximum absolute atomic E-state index is 12.7. The van der Waals surface area contributed by atoms with E-state index in [0.717, 1.165) is 26.7 Å². The van der Waals surface area contributed by atoms with Gasteiger partial charge >= 0.3 is 0 Å². The van der Waals surface area contributed by atoms with Crippen LogP contribution in [0.4, 0.5) is 10.5 Å². The fourth-order valence-electron chi connectivity index (χ4n) is 2.96. The van der Waals surface area contributed by atoms with Crippen LogP contribution >= 0.6 is 27.7 Å². The van der Waals surface area contributed by atoms with E-state index >= 15 is 0 Å². The van der Waals surface area contributed by atoms with E-state index in [1.165, 1.54) is 24.3 Å². The molecule has 0 N–H and O–H groups in total. The third-order valence-corrected chi connectivity index (χ3v) is 5.86. The van der Waals surface area contributed by atoms with Gasteiger partial charge in [0.1, 0.15) is 11.5 Å². The summed E-state index contributed by atoms with van der Waals surface area (Å²) in [5, 5.41) is 10.7. The third kappa shape index (κ3) is 4.07. The van der Waals surface area contributed by atoms with Crippen molar-refractivity contribution >= 4 is 50.6 Å². The predicted octanol–water partition coefficient (Wildman–Crippen LogP) is 5.85. The molecule has 1 aromatic heterocycles. The van der Waals surface area contributed by atoms with Gasteiger partial charge in [0.15, 0.2) is 0 Å². The molecule has 0 spiro atoms. The summed E-state index contributed by atoms with van der Waals surface area (Å²) in [7, 11) is 0. The number of nitrogens with zero attached hydrogens (tertiary/aromatic N) is 2. The highest BCUT2D eigenvalue weighted by Gasteiger charge is 2.36. The molecule has 0 aliphatic carbocycles. The van der Waals surface area contributed by atoms with Gasteiger partial charge in [0.05, 0.1) is 16.4 Å². The second kappa shape index (κ2) is 8.29. The van der Waals surface area contributed by atoms with Gasteiger partial charge in [-0.15, -0.1) is 0 Å². The van der Waals surface area contributed by atoms with Crippen molar-refractivity contribution < 1.29 is 18.9 Å². The number of thioether (sulfide) groups is 1. The molecule has 0 unspecified atom stereocenters. The summed E-state index contributed by atoms with van der Waals surface area (Å²) < 4.78 is 6.73. The van der Waals surface area contributed by atoms with Crippen LogP contribution in [0.5, 0.6) is 0 Å². The first-order chi connectivity index (χ1) is 14.4. The lowest BCUT2D eigenvalue weighted by Gasteiger charge is -2.12. The fraction of sp³-hybridized carbons (Fsp3) is 0.0476. The monoisotopic (exact) mass is 484 g/mol. The maximum atomic E-state index is 12.7. The lowest BCUT2D eigenvalue weighted by molar-refractivity contribution is -0.385. The molecule has 2 amide bonds. The molecule has 2 aromatic carbocycles. The number of furan rings is 1. The van der Waals surface area contributed by atoms with Crippen molar-refractivity contribution in [2.45, 2.75) is 6.54 Å². The highest BCUT2D eigenvalue weighted by Crippen LogP contribution is 2.35. The Morgan fingerprint density at radius 3 is 2.53 bits per heavy atom. The normalized spacial score (nSPS) is 15.2. The number of benzene rings is 2. The van der Waals surface area contributed by atoms with Gasteiger partial charge in [-0.05, 0) is 36.0 Å². The lowest BCUT2D eigenvalue weighted by atomic mass is 10.1. The number of carbonyl (C=O) groups is 2. The first-order valence-electron chi connectivity index (χ1n) is 8.76. The van der Waals surface area contributed by atoms with E-state index in [2.05, 4.69) is 15.9 Å². The second-order valence-corrected chi connectivity index (χ2v) is 8.27. The predicted molar refractivity (Wildman–Crippen MR) is 116 cm³/mol.